The van der Waals surface area contributed by atoms with E-state index in [1.165, 1.54) is 11.5 Å². The molecule has 0 bridgehead atoms. The van der Waals surface area contributed by atoms with E-state index in [1.807, 2.05) is 0 Å². The number of anilines is 1. The molecule has 1 rings (SSSR count). The van der Waals surface area contributed by atoms with Gasteiger partial charge in [0, 0.05) is 20.1 Å². The van der Waals surface area contributed by atoms with Crippen LogP contribution < -0.4 is 16.0 Å². The molecular formula is C13H22N4O3S. The van der Waals surface area contributed by atoms with Crippen molar-refractivity contribution in [3.05, 3.63) is 11.3 Å². The highest BCUT2D eigenvalue weighted by atomic mass is 32.1. The van der Waals surface area contributed by atoms with Crippen molar-refractivity contribution in [2.45, 2.75) is 33.3 Å². The highest BCUT2D eigenvalue weighted by Gasteiger charge is 2.18. The second-order valence-electron chi connectivity index (χ2n) is 5.41. The molecular weight excluding hydrogens is 292 g/mol. The molecule has 0 aliphatic carbocycles. The van der Waals surface area contributed by atoms with Gasteiger partial charge in [-0.05, 0) is 39.2 Å². The lowest BCUT2D eigenvalue weighted by Gasteiger charge is -2.19. The predicted molar refractivity (Wildman–Crippen MR) is 83.0 cm³/mol. The molecule has 1 aromatic rings. The van der Waals surface area contributed by atoms with Crippen LogP contribution in [0, 0.1) is 6.92 Å². The fourth-order valence-corrected chi connectivity index (χ4v) is 2.29. The number of nitrogens with zero attached hydrogens (tertiary/aromatic N) is 1. The number of carbonyl (C=O) groups excluding carboxylic acids is 2. The highest BCUT2D eigenvalue weighted by Crippen LogP contribution is 2.23. The SMILES string of the molecule is CNc1snc(C)c1C(=O)NCCNC(=O)OC(C)(C)C. The first kappa shape index (κ1) is 17.2. The number of hydrogen-bond acceptors (Lipinski definition) is 6. The summed E-state index contributed by atoms with van der Waals surface area (Å²) in [4.78, 5) is 23.5. The number of amides is 2. The van der Waals surface area contributed by atoms with Crippen molar-refractivity contribution >= 4 is 28.5 Å². The number of alkyl carbamates (subject to hydrolysis) is 1. The molecule has 0 atom stereocenters. The summed E-state index contributed by atoms with van der Waals surface area (Å²) < 4.78 is 9.23. The molecule has 0 saturated heterocycles. The third-order valence-corrected chi connectivity index (χ3v) is 3.35. The highest BCUT2D eigenvalue weighted by molar-refractivity contribution is 7.10. The summed E-state index contributed by atoms with van der Waals surface area (Å²) in [6.07, 6.45) is -0.499. The largest absolute Gasteiger partial charge is 0.444 e. The van der Waals surface area contributed by atoms with Gasteiger partial charge in [-0.15, -0.1) is 0 Å². The maximum absolute atomic E-state index is 12.1. The zero-order chi connectivity index (χ0) is 16.0. The van der Waals surface area contributed by atoms with Crippen molar-refractivity contribution in [3.63, 3.8) is 0 Å². The van der Waals surface area contributed by atoms with Gasteiger partial charge in [-0.3, -0.25) is 4.79 Å². The van der Waals surface area contributed by atoms with E-state index in [1.54, 1.807) is 34.7 Å². The van der Waals surface area contributed by atoms with Crippen molar-refractivity contribution < 1.29 is 14.3 Å². The van der Waals surface area contributed by atoms with Gasteiger partial charge >= 0.3 is 6.09 Å². The molecule has 8 heteroatoms. The van der Waals surface area contributed by atoms with E-state index in [2.05, 4.69) is 20.3 Å². The third-order valence-electron chi connectivity index (χ3n) is 2.40. The molecule has 118 valence electrons. The van der Waals surface area contributed by atoms with Crippen molar-refractivity contribution in [1.29, 1.82) is 0 Å². The Morgan fingerprint density at radius 3 is 2.43 bits per heavy atom. The second kappa shape index (κ2) is 7.26. The van der Waals surface area contributed by atoms with Crippen LogP contribution in [-0.4, -0.2) is 42.1 Å². The van der Waals surface area contributed by atoms with Crippen molar-refractivity contribution in [1.82, 2.24) is 15.0 Å². The van der Waals surface area contributed by atoms with Gasteiger partial charge in [0.1, 0.15) is 10.6 Å². The molecule has 3 N–H and O–H groups in total. The second-order valence-corrected chi connectivity index (χ2v) is 6.18. The Morgan fingerprint density at radius 2 is 1.86 bits per heavy atom. The smallest absolute Gasteiger partial charge is 0.407 e. The van der Waals surface area contributed by atoms with Crippen LogP contribution in [0.25, 0.3) is 0 Å². The summed E-state index contributed by atoms with van der Waals surface area (Å²) in [6.45, 7) is 7.77. The Bertz CT molecular complexity index is 508. The summed E-state index contributed by atoms with van der Waals surface area (Å²) in [5.74, 6) is -0.211. The lowest BCUT2D eigenvalue weighted by Crippen LogP contribution is -2.38. The Labute approximate surface area is 128 Å². The van der Waals surface area contributed by atoms with Gasteiger partial charge < -0.3 is 20.7 Å². The first-order chi connectivity index (χ1) is 9.74. The molecule has 0 fully saturated rings. The summed E-state index contributed by atoms with van der Waals surface area (Å²) in [5.41, 5.74) is 0.691. The average Bonchev–Trinajstić information content (AvgIpc) is 2.73. The lowest BCUT2D eigenvalue weighted by atomic mass is 10.2. The number of aromatic nitrogens is 1. The Balaban J connectivity index is 2.38. The molecule has 1 heterocycles. The van der Waals surface area contributed by atoms with Gasteiger partial charge in [0.15, 0.2) is 0 Å². The van der Waals surface area contributed by atoms with Crippen molar-refractivity contribution in [3.8, 4) is 0 Å². The molecule has 0 saturated carbocycles. The number of hydrogen-bond donors (Lipinski definition) is 3. The van der Waals surface area contributed by atoms with Gasteiger partial charge in [0.2, 0.25) is 0 Å². The molecule has 7 nitrogen and oxygen atoms in total. The Hall–Kier alpha value is -1.83. The first-order valence-electron chi connectivity index (χ1n) is 6.63. The molecule has 0 unspecified atom stereocenters. The van der Waals surface area contributed by atoms with Crippen LogP contribution in [0.4, 0.5) is 9.80 Å². The van der Waals surface area contributed by atoms with E-state index in [-0.39, 0.29) is 5.91 Å². The average molecular weight is 314 g/mol. The van der Waals surface area contributed by atoms with Crippen molar-refractivity contribution in [2.24, 2.45) is 0 Å². The van der Waals surface area contributed by atoms with E-state index < -0.39 is 11.7 Å². The van der Waals surface area contributed by atoms with E-state index in [9.17, 15) is 9.59 Å². The minimum absolute atomic E-state index is 0.211. The van der Waals surface area contributed by atoms with Gasteiger partial charge in [0.05, 0.1) is 11.3 Å². The van der Waals surface area contributed by atoms with Crippen LogP contribution >= 0.6 is 11.5 Å². The molecule has 1 aromatic heterocycles. The minimum Gasteiger partial charge on any atom is -0.444 e. The molecule has 2 amide bonds. The number of aryl methyl sites for hydroxylation is 1. The van der Waals surface area contributed by atoms with E-state index in [0.29, 0.717) is 24.3 Å². The molecule has 0 radical (unpaired) electrons. The van der Waals surface area contributed by atoms with E-state index in [0.717, 1.165) is 5.00 Å². The molecule has 21 heavy (non-hydrogen) atoms. The maximum Gasteiger partial charge on any atom is 0.407 e. The zero-order valence-corrected chi connectivity index (χ0v) is 13.8. The Morgan fingerprint density at radius 1 is 1.24 bits per heavy atom. The van der Waals surface area contributed by atoms with Gasteiger partial charge in [-0.1, -0.05) is 0 Å². The molecule has 0 aromatic carbocycles. The van der Waals surface area contributed by atoms with Crippen LogP contribution in [0.15, 0.2) is 0 Å². The van der Waals surface area contributed by atoms with Gasteiger partial charge in [-0.25, -0.2) is 4.79 Å². The van der Waals surface area contributed by atoms with E-state index in [4.69, 9.17) is 4.74 Å². The number of rotatable bonds is 5. The van der Waals surface area contributed by atoms with Crippen LogP contribution in [0.1, 0.15) is 36.8 Å². The maximum atomic E-state index is 12.1. The van der Waals surface area contributed by atoms with Crippen LogP contribution in [-0.2, 0) is 4.74 Å². The number of carbonyl (C=O) groups is 2. The van der Waals surface area contributed by atoms with Crippen LogP contribution in [0.5, 0.6) is 0 Å². The quantitative estimate of drug-likeness (QED) is 0.720. The number of nitrogens with one attached hydrogen (secondary N) is 3. The number of ether oxygens (including phenoxy) is 1. The summed E-state index contributed by atoms with van der Waals surface area (Å²) in [6, 6.07) is 0. The topological polar surface area (TPSA) is 92.4 Å². The van der Waals surface area contributed by atoms with Crippen LogP contribution in [0.2, 0.25) is 0 Å². The fourth-order valence-electron chi connectivity index (χ4n) is 1.55. The third kappa shape index (κ3) is 5.58. The normalized spacial score (nSPS) is 10.9. The monoisotopic (exact) mass is 314 g/mol. The summed E-state index contributed by atoms with van der Waals surface area (Å²) in [7, 11) is 1.74. The molecule has 0 aliphatic heterocycles. The standard InChI is InChI=1S/C13H22N4O3S/c1-8-9(11(14-5)21-17-8)10(18)15-6-7-16-12(19)20-13(2,3)4/h14H,6-7H2,1-5H3,(H,15,18)(H,16,19). The minimum atomic E-state index is -0.533. The lowest BCUT2D eigenvalue weighted by molar-refractivity contribution is 0.0526. The fraction of sp³-hybridized carbons (Fsp3) is 0.615. The predicted octanol–water partition coefficient (Wildman–Crippen LogP) is 1.75. The summed E-state index contributed by atoms with van der Waals surface area (Å²) in [5, 5.41) is 8.98. The van der Waals surface area contributed by atoms with Crippen molar-refractivity contribution in [2.75, 3.05) is 25.5 Å². The summed E-state index contributed by atoms with van der Waals surface area (Å²) >= 11 is 1.24. The van der Waals surface area contributed by atoms with E-state index >= 15 is 0 Å². The molecule has 0 aliphatic rings. The van der Waals surface area contributed by atoms with Gasteiger partial charge in [0.25, 0.3) is 5.91 Å². The zero-order valence-electron chi connectivity index (χ0n) is 13.0. The van der Waals surface area contributed by atoms with Crippen LogP contribution in [0.3, 0.4) is 0 Å². The first-order valence-corrected chi connectivity index (χ1v) is 7.41. The Kier molecular flexibility index (Phi) is 5.95. The molecule has 0 spiro atoms. The van der Waals surface area contributed by atoms with Gasteiger partial charge in [-0.2, -0.15) is 4.37 Å².